The molecular weight excluding hydrogens is 319 g/mol. The van der Waals surface area contributed by atoms with Crippen molar-refractivity contribution in [2.45, 2.75) is 6.04 Å². The lowest BCUT2D eigenvalue weighted by Gasteiger charge is -2.17. The average molecular weight is 330 g/mol. The van der Waals surface area contributed by atoms with Gasteiger partial charge in [-0.15, -0.1) is 0 Å². The molecule has 1 amide bonds. The van der Waals surface area contributed by atoms with Crippen LogP contribution >= 0.6 is 34.8 Å². The van der Waals surface area contributed by atoms with Crippen molar-refractivity contribution >= 4 is 46.4 Å². The molecule has 3 nitrogen and oxygen atoms in total. The highest BCUT2D eigenvalue weighted by Gasteiger charge is 2.18. The van der Waals surface area contributed by atoms with Crippen molar-refractivity contribution in [1.82, 2.24) is 0 Å². The van der Waals surface area contributed by atoms with Crippen LogP contribution < -0.4 is 11.1 Å². The Kier molecular flexibility index (Phi) is 4.76. The normalized spacial score (nSPS) is 11.9. The fourth-order valence-electron chi connectivity index (χ4n) is 1.72. The zero-order valence-corrected chi connectivity index (χ0v) is 12.5. The quantitative estimate of drug-likeness (QED) is 0.879. The number of hydrogen-bond donors (Lipinski definition) is 2. The van der Waals surface area contributed by atoms with Crippen molar-refractivity contribution in [2.24, 2.45) is 5.73 Å². The summed E-state index contributed by atoms with van der Waals surface area (Å²) in [5.74, 6) is -0.515. The second-order valence-corrected chi connectivity index (χ2v) is 5.41. The average Bonchev–Trinajstić information content (AvgIpc) is 2.41. The molecule has 0 saturated heterocycles. The van der Waals surface area contributed by atoms with E-state index in [1.165, 1.54) is 0 Å². The highest BCUT2D eigenvalue weighted by molar-refractivity contribution is 6.42. The summed E-state index contributed by atoms with van der Waals surface area (Å²) in [6.45, 7) is 0. The zero-order valence-electron chi connectivity index (χ0n) is 10.2. The molecule has 2 aromatic carbocycles. The first kappa shape index (κ1) is 15.0. The third-order valence-corrected chi connectivity index (χ3v) is 3.71. The second-order valence-electron chi connectivity index (χ2n) is 4.16. The summed E-state index contributed by atoms with van der Waals surface area (Å²) < 4.78 is 0. The van der Waals surface area contributed by atoms with E-state index in [0.717, 1.165) is 5.69 Å². The van der Waals surface area contributed by atoms with Crippen LogP contribution in [0.25, 0.3) is 0 Å². The number of nitrogens with two attached hydrogens (primary N) is 1. The van der Waals surface area contributed by atoms with Gasteiger partial charge in [-0.3, -0.25) is 4.79 Å². The van der Waals surface area contributed by atoms with Crippen LogP contribution in [-0.2, 0) is 4.79 Å². The van der Waals surface area contributed by atoms with Gasteiger partial charge in [0.2, 0.25) is 5.91 Å². The first-order valence-corrected chi connectivity index (χ1v) is 6.87. The van der Waals surface area contributed by atoms with Gasteiger partial charge in [0.1, 0.15) is 6.04 Å². The van der Waals surface area contributed by atoms with E-state index >= 15 is 0 Å². The van der Waals surface area contributed by atoms with E-state index in [2.05, 4.69) is 5.32 Å². The van der Waals surface area contributed by atoms with Crippen LogP contribution in [0.5, 0.6) is 0 Å². The molecule has 2 aromatic rings. The number of amides is 1. The molecule has 2 rings (SSSR count). The van der Waals surface area contributed by atoms with E-state index in [4.69, 9.17) is 40.5 Å². The Bertz CT molecular complexity index is 629. The van der Waals surface area contributed by atoms with Gasteiger partial charge in [-0.2, -0.15) is 0 Å². The van der Waals surface area contributed by atoms with Crippen molar-refractivity contribution < 1.29 is 4.79 Å². The summed E-state index contributed by atoms with van der Waals surface area (Å²) in [5, 5.41) is 4.44. The van der Waals surface area contributed by atoms with Crippen LogP contribution in [0.1, 0.15) is 11.6 Å². The first-order chi connectivity index (χ1) is 9.47. The van der Waals surface area contributed by atoms with Crippen LogP contribution in [0.4, 0.5) is 5.69 Å². The molecule has 0 spiro atoms. The minimum Gasteiger partial charge on any atom is -0.370 e. The van der Waals surface area contributed by atoms with Crippen LogP contribution in [0.2, 0.25) is 15.1 Å². The van der Waals surface area contributed by atoms with E-state index in [0.29, 0.717) is 20.6 Å². The minimum absolute atomic E-state index is 0.369. The number of rotatable bonds is 4. The third-order valence-electron chi connectivity index (χ3n) is 2.72. The van der Waals surface area contributed by atoms with Crippen LogP contribution in [0.15, 0.2) is 42.5 Å². The molecule has 3 N–H and O–H groups in total. The Morgan fingerprint density at radius 1 is 1.00 bits per heavy atom. The van der Waals surface area contributed by atoms with Crippen molar-refractivity contribution in [2.75, 3.05) is 5.32 Å². The predicted molar refractivity (Wildman–Crippen MR) is 83.5 cm³/mol. The van der Waals surface area contributed by atoms with Gasteiger partial charge in [-0.1, -0.05) is 40.9 Å². The van der Waals surface area contributed by atoms with E-state index in [9.17, 15) is 4.79 Å². The summed E-state index contributed by atoms with van der Waals surface area (Å²) in [6, 6.07) is 11.2. The molecule has 20 heavy (non-hydrogen) atoms. The number of anilines is 1. The number of carbonyl (C=O) groups is 1. The molecule has 0 heterocycles. The molecule has 0 saturated carbocycles. The van der Waals surface area contributed by atoms with Gasteiger partial charge in [-0.05, 0) is 42.0 Å². The fraction of sp³-hybridized carbons (Fsp3) is 0.0714. The zero-order chi connectivity index (χ0) is 14.7. The molecule has 0 radical (unpaired) electrons. The Hall–Kier alpha value is -1.42. The predicted octanol–water partition coefficient (Wildman–Crippen LogP) is 4.29. The molecule has 1 unspecified atom stereocenters. The molecule has 0 aliphatic carbocycles. The van der Waals surface area contributed by atoms with Gasteiger partial charge in [0.25, 0.3) is 0 Å². The van der Waals surface area contributed by atoms with E-state index in [1.807, 2.05) is 0 Å². The Balaban J connectivity index is 2.29. The topological polar surface area (TPSA) is 55.1 Å². The molecule has 0 aliphatic heterocycles. The van der Waals surface area contributed by atoms with Gasteiger partial charge < -0.3 is 11.1 Å². The largest absolute Gasteiger partial charge is 0.370 e. The summed E-state index contributed by atoms with van der Waals surface area (Å²) in [7, 11) is 0. The number of hydrogen-bond acceptors (Lipinski definition) is 2. The highest BCUT2D eigenvalue weighted by Crippen LogP contribution is 2.27. The van der Waals surface area contributed by atoms with Gasteiger partial charge in [0, 0.05) is 10.7 Å². The lowest BCUT2D eigenvalue weighted by Crippen LogP contribution is -2.27. The summed E-state index contributed by atoms with van der Waals surface area (Å²) in [4.78, 5) is 11.6. The van der Waals surface area contributed by atoms with Crippen molar-refractivity contribution in [1.29, 1.82) is 0 Å². The fourth-order valence-corrected chi connectivity index (χ4v) is 2.16. The molecular formula is C14H11Cl3N2O. The van der Waals surface area contributed by atoms with Crippen LogP contribution in [-0.4, -0.2) is 5.91 Å². The Morgan fingerprint density at radius 3 is 2.20 bits per heavy atom. The molecule has 6 heteroatoms. The first-order valence-electron chi connectivity index (χ1n) is 5.74. The standard InChI is InChI=1S/C14H11Cl3N2O/c15-9-2-4-10(5-3-9)19-13(14(18)20)8-1-6-11(16)12(17)7-8/h1-7,13,19H,(H2,18,20). The molecule has 104 valence electrons. The molecule has 0 aromatic heterocycles. The maximum absolute atomic E-state index is 11.6. The maximum Gasteiger partial charge on any atom is 0.244 e. The van der Waals surface area contributed by atoms with E-state index in [1.54, 1.807) is 42.5 Å². The number of halogens is 3. The summed E-state index contributed by atoms with van der Waals surface area (Å²) >= 11 is 17.6. The van der Waals surface area contributed by atoms with Gasteiger partial charge in [0.05, 0.1) is 10.0 Å². The third kappa shape index (κ3) is 3.57. The lowest BCUT2D eigenvalue weighted by atomic mass is 10.1. The molecule has 0 bridgehead atoms. The van der Waals surface area contributed by atoms with E-state index < -0.39 is 11.9 Å². The van der Waals surface area contributed by atoms with Crippen molar-refractivity contribution in [3.05, 3.63) is 63.1 Å². The van der Waals surface area contributed by atoms with Gasteiger partial charge >= 0.3 is 0 Å². The Morgan fingerprint density at radius 2 is 1.65 bits per heavy atom. The second kappa shape index (κ2) is 6.35. The Labute approximate surface area is 131 Å². The number of nitrogens with one attached hydrogen (secondary N) is 1. The summed E-state index contributed by atoms with van der Waals surface area (Å²) in [6.07, 6.45) is 0. The maximum atomic E-state index is 11.6. The monoisotopic (exact) mass is 328 g/mol. The van der Waals surface area contributed by atoms with E-state index in [-0.39, 0.29) is 0 Å². The number of benzene rings is 2. The molecule has 0 aliphatic rings. The van der Waals surface area contributed by atoms with Crippen molar-refractivity contribution in [3.8, 4) is 0 Å². The summed E-state index contributed by atoms with van der Waals surface area (Å²) in [5.41, 5.74) is 6.80. The molecule has 0 fully saturated rings. The number of carbonyl (C=O) groups excluding carboxylic acids is 1. The van der Waals surface area contributed by atoms with Crippen LogP contribution in [0, 0.1) is 0 Å². The smallest absolute Gasteiger partial charge is 0.244 e. The minimum atomic E-state index is -0.703. The van der Waals surface area contributed by atoms with Crippen molar-refractivity contribution in [3.63, 3.8) is 0 Å². The van der Waals surface area contributed by atoms with Gasteiger partial charge in [-0.25, -0.2) is 0 Å². The number of primary amides is 1. The van der Waals surface area contributed by atoms with Gasteiger partial charge in [0.15, 0.2) is 0 Å². The molecule has 1 atom stereocenters. The SMILES string of the molecule is NC(=O)C(Nc1ccc(Cl)cc1)c1ccc(Cl)c(Cl)c1. The highest BCUT2D eigenvalue weighted by atomic mass is 35.5. The van der Waals surface area contributed by atoms with Crippen LogP contribution in [0.3, 0.4) is 0 Å². The lowest BCUT2D eigenvalue weighted by molar-refractivity contribution is -0.118.